The normalized spacial score (nSPS) is 19.7. The Balaban J connectivity index is 2.62. The molecule has 1 fully saturated rings. The number of amides is 1. The molecule has 1 heterocycles. The molecule has 0 spiro atoms. The fourth-order valence-electron chi connectivity index (χ4n) is 1.91. The highest BCUT2D eigenvalue weighted by Gasteiger charge is 2.28. The van der Waals surface area contributed by atoms with Crippen molar-refractivity contribution in [2.45, 2.75) is 45.6 Å². The molecule has 0 saturated carbocycles. The van der Waals surface area contributed by atoms with Crippen LogP contribution < -0.4 is 0 Å². The summed E-state index contributed by atoms with van der Waals surface area (Å²) in [5, 5.41) is 13.5. The van der Waals surface area contributed by atoms with Gasteiger partial charge in [-0.1, -0.05) is 6.92 Å². The Labute approximate surface area is 91.8 Å². The van der Waals surface area contributed by atoms with Crippen molar-refractivity contribution in [1.82, 2.24) is 10.0 Å². The number of rotatable bonds is 4. The zero-order valence-corrected chi connectivity index (χ0v) is 9.99. The molecule has 0 aromatic heterocycles. The molecule has 0 unspecified atom stereocenters. The second kappa shape index (κ2) is 4.94. The second-order valence-corrected chi connectivity index (χ2v) is 4.82. The minimum atomic E-state index is -0.746. The molecule has 0 aliphatic carbocycles. The highest BCUT2D eigenvalue weighted by Crippen LogP contribution is 2.16. The molecule has 0 aromatic rings. The van der Waals surface area contributed by atoms with Crippen LogP contribution in [0.25, 0.3) is 0 Å². The van der Waals surface area contributed by atoms with E-state index < -0.39 is 5.60 Å². The molecular formula is C11H22N2O2. The summed E-state index contributed by atoms with van der Waals surface area (Å²) in [7, 11) is 0. The predicted molar refractivity (Wildman–Crippen MR) is 59.1 cm³/mol. The lowest BCUT2D eigenvalue weighted by molar-refractivity contribution is -0.161. The Morgan fingerprint density at radius 1 is 1.47 bits per heavy atom. The summed E-state index contributed by atoms with van der Waals surface area (Å²) in [5.74, 6) is 0.187. The molecule has 0 radical (unpaired) electrons. The Bertz CT molecular complexity index is 223. The van der Waals surface area contributed by atoms with E-state index in [0.717, 1.165) is 25.9 Å². The number of carbonyl (C=O) groups is 1. The highest BCUT2D eigenvalue weighted by molar-refractivity contribution is 5.76. The molecule has 1 aliphatic heterocycles. The summed E-state index contributed by atoms with van der Waals surface area (Å²) < 4.78 is 0. The van der Waals surface area contributed by atoms with Crippen LogP contribution in [-0.2, 0) is 4.79 Å². The summed E-state index contributed by atoms with van der Waals surface area (Å²) in [6.45, 7) is 7.76. The van der Waals surface area contributed by atoms with Gasteiger partial charge in [0.2, 0.25) is 5.91 Å². The first-order valence-electron chi connectivity index (χ1n) is 5.71. The van der Waals surface area contributed by atoms with E-state index in [0.29, 0.717) is 13.0 Å². The van der Waals surface area contributed by atoms with Gasteiger partial charge in [0.05, 0.1) is 5.60 Å². The molecule has 1 rings (SSSR count). The maximum Gasteiger partial charge on any atom is 0.236 e. The molecule has 15 heavy (non-hydrogen) atoms. The third-order valence-corrected chi connectivity index (χ3v) is 2.44. The van der Waals surface area contributed by atoms with E-state index in [9.17, 15) is 9.90 Å². The number of aliphatic hydroxyl groups is 1. The molecule has 4 heteroatoms. The van der Waals surface area contributed by atoms with Gasteiger partial charge in [-0.3, -0.25) is 9.80 Å². The van der Waals surface area contributed by atoms with Crippen molar-refractivity contribution in [3.05, 3.63) is 0 Å². The summed E-state index contributed by atoms with van der Waals surface area (Å²) in [6, 6.07) is 0. The average Bonchev–Trinajstić information content (AvgIpc) is 2.08. The largest absolute Gasteiger partial charge is 0.389 e. The first kappa shape index (κ1) is 12.5. The standard InChI is InChI=1S/C11H22N2O2/c1-4-7-13-10(14)6-5-8-12(13)9-11(2,3)15/h15H,4-9H2,1-3H3. The van der Waals surface area contributed by atoms with Crippen molar-refractivity contribution in [2.24, 2.45) is 0 Å². The van der Waals surface area contributed by atoms with Crippen LogP contribution in [-0.4, -0.2) is 46.3 Å². The lowest BCUT2D eigenvalue weighted by Gasteiger charge is -2.41. The maximum atomic E-state index is 11.7. The molecule has 0 aromatic carbocycles. The van der Waals surface area contributed by atoms with E-state index >= 15 is 0 Å². The topological polar surface area (TPSA) is 43.8 Å². The van der Waals surface area contributed by atoms with Crippen LogP contribution in [0.1, 0.15) is 40.0 Å². The number of nitrogens with zero attached hydrogens (tertiary/aromatic N) is 2. The number of hydrogen-bond acceptors (Lipinski definition) is 3. The van der Waals surface area contributed by atoms with Crippen LogP contribution in [0, 0.1) is 0 Å². The molecule has 0 bridgehead atoms. The third-order valence-electron chi connectivity index (χ3n) is 2.44. The van der Waals surface area contributed by atoms with Crippen molar-refractivity contribution in [3.8, 4) is 0 Å². The van der Waals surface area contributed by atoms with Crippen molar-refractivity contribution < 1.29 is 9.90 Å². The number of β-amino-alcohol motifs (C(OH)–C–C–N with tert-alkyl or cyclic N) is 1. The number of hydrazine groups is 1. The molecule has 1 aliphatic rings. The van der Waals surface area contributed by atoms with Crippen molar-refractivity contribution >= 4 is 5.91 Å². The quantitative estimate of drug-likeness (QED) is 0.759. The molecule has 1 N–H and O–H groups in total. The fourth-order valence-corrected chi connectivity index (χ4v) is 1.91. The van der Waals surface area contributed by atoms with Crippen LogP contribution in [0.2, 0.25) is 0 Å². The van der Waals surface area contributed by atoms with Gasteiger partial charge < -0.3 is 5.11 Å². The van der Waals surface area contributed by atoms with E-state index in [1.165, 1.54) is 0 Å². The minimum absolute atomic E-state index is 0.187. The van der Waals surface area contributed by atoms with E-state index in [-0.39, 0.29) is 5.91 Å². The summed E-state index contributed by atoms with van der Waals surface area (Å²) in [5.41, 5.74) is -0.746. The van der Waals surface area contributed by atoms with Gasteiger partial charge in [0.25, 0.3) is 0 Å². The van der Waals surface area contributed by atoms with E-state index in [1.807, 2.05) is 5.01 Å². The fraction of sp³-hybridized carbons (Fsp3) is 0.909. The molecule has 1 saturated heterocycles. The smallest absolute Gasteiger partial charge is 0.236 e. The Hall–Kier alpha value is -0.610. The van der Waals surface area contributed by atoms with Crippen molar-refractivity contribution in [1.29, 1.82) is 0 Å². The first-order valence-corrected chi connectivity index (χ1v) is 5.71. The average molecular weight is 214 g/mol. The second-order valence-electron chi connectivity index (χ2n) is 4.82. The van der Waals surface area contributed by atoms with Crippen molar-refractivity contribution in [3.63, 3.8) is 0 Å². The van der Waals surface area contributed by atoms with Crippen LogP contribution in [0.15, 0.2) is 0 Å². The first-order chi connectivity index (χ1) is 6.94. The van der Waals surface area contributed by atoms with E-state index in [1.54, 1.807) is 18.9 Å². The number of hydrogen-bond donors (Lipinski definition) is 1. The maximum absolute atomic E-state index is 11.7. The Morgan fingerprint density at radius 2 is 2.13 bits per heavy atom. The van der Waals surface area contributed by atoms with Gasteiger partial charge in [-0.05, 0) is 26.7 Å². The SMILES string of the molecule is CCCN1C(=O)CCCN1CC(C)(C)O. The highest BCUT2D eigenvalue weighted by atomic mass is 16.3. The van der Waals surface area contributed by atoms with Crippen LogP contribution in [0.4, 0.5) is 0 Å². The molecule has 88 valence electrons. The molecule has 1 amide bonds. The number of carbonyl (C=O) groups excluding carboxylic acids is 1. The van der Waals surface area contributed by atoms with Gasteiger partial charge in [0.1, 0.15) is 0 Å². The van der Waals surface area contributed by atoms with Gasteiger partial charge in [0, 0.05) is 26.1 Å². The van der Waals surface area contributed by atoms with Crippen LogP contribution in [0.5, 0.6) is 0 Å². The zero-order valence-electron chi connectivity index (χ0n) is 9.99. The molecule has 0 atom stereocenters. The van der Waals surface area contributed by atoms with Gasteiger partial charge in [0.15, 0.2) is 0 Å². The monoisotopic (exact) mass is 214 g/mol. The minimum Gasteiger partial charge on any atom is -0.389 e. The van der Waals surface area contributed by atoms with Crippen LogP contribution >= 0.6 is 0 Å². The van der Waals surface area contributed by atoms with E-state index in [2.05, 4.69) is 6.92 Å². The predicted octanol–water partition coefficient (Wildman–Crippen LogP) is 1.01. The molecular weight excluding hydrogens is 192 g/mol. The van der Waals surface area contributed by atoms with E-state index in [4.69, 9.17) is 0 Å². The Kier molecular flexibility index (Phi) is 4.11. The molecule has 4 nitrogen and oxygen atoms in total. The van der Waals surface area contributed by atoms with Gasteiger partial charge in [-0.15, -0.1) is 0 Å². The van der Waals surface area contributed by atoms with Gasteiger partial charge >= 0.3 is 0 Å². The van der Waals surface area contributed by atoms with Gasteiger partial charge in [-0.2, -0.15) is 0 Å². The van der Waals surface area contributed by atoms with Crippen LogP contribution in [0.3, 0.4) is 0 Å². The zero-order chi connectivity index (χ0) is 11.5. The van der Waals surface area contributed by atoms with Crippen molar-refractivity contribution in [2.75, 3.05) is 19.6 Å². The summed E-state index contributed by atoms with van der Waals surface area (Å²) in [4.78, 5) is 11.7. The summed E-state index contributed by atoms with van der Waals surface area (Å²) in [6.07, 6.45) is 2.49. The van der Waals surface area contributed by atoms with Gasteiger partial charge in [-0.25, -0.2) is 5.01 Å². The lowest BCUT2D eigenvalue weighted by atomic mass is 10.1. The Morgan fingerprint density at radius 3 is 2.67 bits per heavy atom. The summed E-state index contributed by atoms with van der Waals surface area (Å²) >= 11 is 0. The third kappa shape index (κ3) is 3.80. The lowest BCUT2D eigenvalue weighted by Crippen LogP contribution is -2.54.